The highest BCUT2D eigenvalue weighted by molar-refractivity contribution is 9.11. The van der Waals surface area contributed by atoms with E-state index in [0.717, 1.165) is 16.6 Å². The van der Waals surface area contributed by atoms with Crippen LogP contribution in [0.3, 0.4) is 0 Å². The maximum absolute atomic E-state index is 14.4. The number of benzene rings is 3. The second kappa shape index (κ2) is 15.1. The molecule has 0 aromatic heterocycles. The van der Waals surface area contributed by atoms with E-state index in [9.17, 15) is 18.0 Å². The van der Waals surface area contributed by atoms with Crippen LogP contribution < -0.4 is 29.3 Å². The van der Waals surface area contributed by atoms with E-state index in [0.29, 0.717) is 15.8 Å². The van der Waals surface area contributed by atoms with Gasteiger partial charge in [-0.05, 0) is 39.8 Å². The average molecular weight is 774 g/mol. The van der Waals surface area contributed by atoms with E-state index in [1.165, 1.54) is 19.1 Å². The molecule has 1 saturated heterocycles. The Labute approximate surface area is 299 Å². The smallest absolute Gasteiger partial charge is 0.306 e. The number of ether oxygens (including phenoxy) is 2. The number of piperazine rings is 1. The summed E-state index contributed by atoms with van der Waals surface area (Å²) in [6.45, 7) is 13.5. The molecule has 2 amide bonds. The lowest BCUT2D eigenvalue weighted by atomic mass is 9.96. The van der Waals surface area contributed by atoms with Crippen molar-refractivity contribution in [3.63, 3.8) is 0 Å². The predicted octanol–water partition coefficient (Wildman–Crippen LogP) is 4.98. The van der Waals surface area contributed by atoms with Crippen LogP contribution in [0.1, 0.15) is 51.3 Å². The summed E-state index contributed by atoms with van der Waals surface area (Å²) in [6, 6.07) is 18.7. The van der Waals surface area contributed by atoms with Gasteiger partial charge in [-0.1, -0.05) is 104 Å². The van der Waals surface area contributed by atoms with Crippen molar-refractivity contribution in [3.8, 4) is 17.2 Å². The van der Waals surface area contributed by atoms with Gasteiger partial charge in [0.1, 0.15) is 17.8 Å². The van der Waals surface area contributed by atoms with Gasteiger partial charge in [-0.25, -0.2) is 0 Å². The van der Waals surface area contributed by atoms with Crippen LogP contribution in [0.4, 0.5) is 0 Å². The van der Waals surface area contributed by atoms with Crippen molar-refractivity contribution in [2.75, 3.05) is 27.1 Å². The minimum absolute atomic E-state index is 0.113. The molecule has 3 atom stereocenters. The molecule has 0 radical (unpaired) electrons. The molecule has 49 heavy (non-hydrogen) atoms. The molecule has 3 aromatic rings. The van der Waals surface area contributed by atoms with Crippen molar-refractivity contribution >= 4 is 56.6 Å². The molecule has 1 unspecified atom stereocenters. The molecule has 1 aliphatic rings. The summed E-state index contributed by atoms with van der Waals surface area (Å²) in [6.07, 6.45) is 1.08. The Kier molecular flexibility index (Phi) is 11.7. The van der Waals surface area contributed by atoms with Crippen molar-refractivity contribution in [2.45, 2.75) is 64.2 Å². The van der Waals surface area contributed by atoms with Crippen LogP contribution in [0.25, 0.3) is 0 Å². The average Bonchev–Trinajstić information content (AvgIpc) is 3.03. The number of nitrogens with one attached hydrogen (secondary N) is 1. The van der Waals surface area contributed by atoms with Gasteiger partial charge >= 0.3 is 10.1 Å². The molecule has 3 aromatic carbocycles. The topological polar surface area (TPSA) is 120 Å². The highest BCUT2D eigenvalue weighted by atomic mass is 79.9. The molecule has 13 heteroatoms. The predicted molar refractivity (Wildman–Crippen MR) is 197 cm³/mol. The van der Waals surface area contributed by atoms with Gasteiger partial charge in [0, 0.05) is 17.5 Å². The van der Waals surface area contributed by atoms with Crippen molar-refractivity contribution in [1.82, 2.24) is 10.2 Å². The first kappa shape index (κ1) is 38.2. The zero-order valence-electron chi connectivity index (χ0n) is 29.2. The van der Waals surface area contributed by atoms with E-state index >= 15 is 0 Å². The van der Waals surface area contributed by atoms with Crippen molar-refractivity contribution in [1.29, 1.82) is 0 Å². The zero-order valence-corrected chi connectivity index (χ0v) is 32.6. The first-order chi connectivity index (χ1) is 23.0. The van der Waals surface area contributed by atoms with Crippen LogP contribution in [-0.2, 0) is 24.1 Å². The maximum atomic E-state index is 14.4. The highest BCUT2D eigenvalue weighted by Gasteiger charge is 2.52. The van der Waals surface area contributed by atoms with Crippen LogP contribution in [-0.4, -0.2) is 72.6 Å². The monoisotopic (exact) mass is 772 g/mol. The number of halogens is 1. The fourth-order valence-corrected chi connectivity index (χ4v) is 12.0. The summed E-state index contributed by atoms with van der Waals surface area (Å²) >= 11 is 3.34. The Hall–Kier alpha value is -3.65. The number of carbonyl (C=O) groups excluding carboxylic acids is 2. The Bertz CT molecular complexity index is 1760. The molecular weight excluding hydrogens is 728 g/mol. The van der Waals surface area contributed by atoms with Gasteiger partial charge in [-0.3, -0.25) is 9.59 Å². The molecular formula is C36H45BrN2O8SSi. The first-order valence-corrected chi connectivity index (χ1v) is 20.3. The van der Waals surface area contributed by atoms with Gasteiger partial charge in [0.05, 0.1) is 33.1 Å². The second-order valence-electron chi connectivity index (χ2n) is 13.1. The SMILES string of the molecule is C=C(Br)C[C@@H]1NC(=O)C(C)N([C@@H](CO[Si](c2ccccc2)(c2ccccc2)C(C)(C)C)c2cc(OC)c(C)c(OC)c2OS(C)(=O)=O)C1=O. The number of amides is 2. The second-order valence-corrected chi connectivity index (χ2v) is 20.1. The Balaban J connectivity index is 2.06. The number of nitrogens with zero attached hydrogens (tertiary/aromatic N) is 1. The summed E-state index contributed by atoms with van der Waals surface area (Å²) < 4.78 is 50.5. The molecule has 4 rings (SSSR count). The van der Waals surface area contributed by atoms with E-state index in [1.54, 1.807) is 19.9 Å². The molecule has 1 N–H and O–H groups in total. The largest absolute Gasteiger partial charge is 0.496 e. The van der Waals surface area contributed by atoms with E-state index in [2.05, 4.69) is 72.9 Å². The summed E-state index contributed by atoms with van der Waals surface area (Å²) in [4.78, 5) is 29.4. The van der Waals surface area contributed by atoms with Crippen LogP contribution in [0.5, 0.6) is 17.2 Å². The lowest BCUT2D eigenvalue weighted by molar-refractivity contribution is -0.152. The fourth-order valence-electron chi connectivity index (χ4n) is 6.59. The van der Waals surface area contributed by atoms with Crippen LogP contribution in [0.2, 0.25) is 5.04 Å². The number of rotatable bonds is 13. The molecule has 264 valence electrons. The molecule has 0 spiro atoms. The highest BCUT2D eigenvalue weighted by Crippen LogP contribution is 2.47. The Morgan fingerprint density at radius 2 is 1.55 bits per heavy atom. The molecule has 1 fully saturated rings. The lowest BCUT2D eigenvalue weighted by Gasteiger charge is -2.46. The third-order valence-electron chi connectivity index (χ3n) is 8.78. The summed E-state index contributed by atoms with van der Waals surface area (Å²) in [7, 11) is -4.44. The first-order valence-electron chi connectivity index (χ1n) is 15.8. The number of hydrogen-bond acceptors (Lipinski definition) is 8. The quantitative estimate of drug-likeness (QED) is 0.191. The van der Waals surface area contributed by atoms with Gasteiger partial charge < -0.3 is 28.3 Å². The standard InChI is InChI=1S/C36H45BrN2O8SSi/c1-23(37)20-29-35(41)39(25(3)34(40)38-29)30(28-21-31(44-7)24(2)32(45-8)33(28)47-48(9,42)43)22-46-49(36(4,5)6,26-16-12-10-13-17-26)27-18-14-11-15-19-27/h10-19,21,25,29-30H,1,20,22H2,2-9H3,(H,38,40)/t25?,29-,30-/m0/s1. The van der Waals surface area contributed by atoms with Crippen molar-refractivity contribution in [3.05, 3.63) is 88.9 Å². The fraction of sp³-hybridized carbons (Fsp3) is 0.389. The zero-order chi connectivity index (χ0) is 36.3. The Morgan fingerprint density at radius 1 is 1.00 bits per heavy atom. The van der Waals surface area contributed by atoms with Crippen molar-refractivity contribution < 1.29 is 36.1 Å². The molecule has 1 heterocycles. The van der Waals surface area contributed by atoms with Crippen molar-refractivity contribution in [2.24, 2.45) is 0 Å². The Morgan fingerprint density at radius 3 is 2.00 bits per heavy atom. The third-order valence-corrected chi connectivity index (χ3v) is 14.6. The normalized spacial score (nSPS) is 17.7. The van der Waals surface area contributed by atoms with Gasteiger partial charge in [-0.2, -0.15) is 8.42 Å². The number of methoxy groups -OCH3 is 2. The van der Waals surface area contributed by atoms with Crippen LogP contribution >= 0.6 is 15.9 Å². The maximum Gasteiger partial charge on any atom is 0.306 e. The third kappa shape index (κ3) is 7.90. The van der Waals surface area contributed by atoms with Gasteiger partial charge in [0.2, 0.25) is 11.8 Å². The molecule has 0 saturated carbocycles. The van der Waals surface area contributed by atoms with E-state index in [4.69, 9.17) is 18.1 Å². The van der Waals surface area contributed by atoms with Gasteiger partial charge in [0.15, 0.2) is 11.5 Å². The molecule has 0 bridgehead atoms. The van der Waals surface area contributed by atoms with E-state index in [-0.39, 0.29) is 36.0 Å². The van der Waals surface area contributed by atoms with E-state index in [1.807, 2.05) is 36.4 Å². The summed E-state index contributed by atoms with van der Waals surface area (Å²) in [5, 5.41) is 4.39. The number of carbonyl (C=O) groups is 2. The number of hydrogen-bond donors (Lipinski definition) is 1. The minimum atomic E-state index is -4.10. The molecule has 0 aliphatic carbocycles. The summed E-state index contributed by atoms with van der Waals surface area (Å²) in [5.41, 5.74) is 0.734. The lowest BCUT2D eigenvalue weighted by Crippen LogP contribution is -2.68. The molecule has 10 nitrogen and oxygen atoms in total. The minimum Gasteiger partial charge on any atom is -0.496 e. The van der Waals surface area contributed by atoms with Crippen LogP contribution in [0, 0.1) is 6.92 Å². The van der Waals surface area contributed by atoms with Gasteiger partial charge in [-0.15, -0.1) is 0 Å². The van der Waals surface area contributed by atoms with Gasteiger partial charge in [0.25, 0.3) is 8.32 Å². The summed E-state index contributed by atoms with van der Waals surface area (Å²) in [5.74, 6) is -0.415. The van der Waals surface area contributed by atoms with Crippen LogP contribution in [0.15, 0.2) is 77.8 Å². The molecule has 1 aliphatic heterocycles. The van der Waals surface area contributed by atoms with E-state index < -0.39 is 47.5 Å².